The first kappa shape index (κ1) is 22.9. The van der Waals surface area contributed by atoms with E-state index in [1.165, 1.54) is 6.08 Å². The van der Waals surface area contributed by atoms with Gasteiger partial charge in [-0.3, -0.25) is 0 Å². The molecule has 0 saturated carbocycles. The van der Waals surface area contributed by atoms with Crippen LogP contribution < -0.4 is 0 Å². The smallest absolute Gasteiger partial charge is 0.157 e. The summed E-state index contributed by atoms with van der Waals surface area (Å²) in [5.41, 5.74) is 0. The molecule has 0 fully saturated rings. The normalized spacial score (nSPS) is 9.35. The van der Waals surface area contributed by atoms with E-state index < -0.39 is 0 Å². The Labute approximate surface area is 140 Å². The predicted octanol–water partition coefficient (Wildman–Crippen LogP) is 3.84. The minimum absolute atomic E-state index is 0.114. The standard InChI is InChI=1S/C11H16O2.C9H10O/c1-4-5-6-7-8-9-10-11(12-2)13-3;1-2-3-4-5-6-7-8-9-10/h4,7-8,11H,1,9-10H2,2-3H3;2,5-6,9H,1,7-8H2/b8-7-;6-5-. The Kier molecular flexibility index (Phi) is 21.9. The van der Waals surface area contributed by atoms with Crippen molar-refractivity contribution in [3.63, 3.8) is 0 Å². The molecule has 0 aromatic carbocycles. The quantitative estimate of drug-likeness (QED) is 0.295. The van der Waals surface area contributed by atoms with Gasteiger partial charge in [0.05, 0.1) is 0 Å². The van der Waals surface area contributed by atoms with Crippen LogP contribution in [0, 0.1) is 23.7 Å². The zero-order valence-corrected chi connectivity index (χ0v) is 14.1. The molecule has 0 rings (SSSR count). The van der Waals surface area contributed by atoms with Crippen LogP contribution in [-0.4, -0.2) is 26.8 Å². The van der Waals surface area contributed by atoms with Crippen molar-refractivity contribution in [2.24, 2.45) is 0 Å². The van der Waals surface area contributed by atoms with Crippen LogP contribution in [0.15, 0.2) is 49.6 Å². The molecule has 0 bridgehead atoms. The summed E-state index contributed by atoms with van der Waals surface area (Å²) < 4.78 is 10.0. The molecule has 23 heavy (non-hydrogen) atoms. The van der Waals surface area contributed by atoms with Crippen LogP contribution in [0.5, 0.6) is 0 Å². The van der Waals surface area contributed by atoms with Gasteiger partial charge >= 0.3 is 0 Å². The van der Waals surface area contributed by atoms with Gasteiger partial charge in [-0.15, -0.1) is 0 Å². The highest BCUT2D eigenvalue weighted by molar-refractivity contribution is 5.49. The summed E-state index contributed by atoms with van der Waals surface area (Å²) in [7, 11) is 3.27. The molecule has 124 valence electrons. The first-order chi connectivity index (χ1) is 11.3. The first-order valence-electron chi connectivity index (χ1n) is 7.29. The van der Waals surface area contributed by atoms with Crippen LogP contribution in [0.25, 0.3) is 0 Å². The second-order valence-electron chi connectivity index (χ2n) is 4.01. The van der Waals surface area contributed by atoms with Crippen LogP contribution in [0.4, 0.5) is 0 Å². The Morgan fingerprint density at radius 3 is 1.83 bits per heavy atom. The molecule has 0 unspecified atom stereocenters. The summed E-state index contributed by atoms with van der Waals surface area (Å²) in [6.45, 7) is 6.92. The second kappa shape index (κ2) is 22.0. The third-order valence-electron chi connectivity index (χ3n) is 2.32. The minimum Gasteiger partial charge on any atom is -0.356 e. The Bertz CT molecular complexity index is 474. The van der Waals surface area contributed by atoms with Gasteiger partial charge in [0.1, 0.15) is 6.29 Å². The highest BCUT2D eigenvalue weighted by Crippen LogP contribution is 2.01. The summed E-state index contributed by atoms with van der Waals surface area (Å²) in [5.74, 6) is 10.9. The number of hydrogen-bond donors (Lipinski definition) is 0. The van der Waals surface area contributed by atoms with Crippen molar-refractivity contribution in [2.45, 2.75) is 32.0 Å². The van der Waals surface area contributed by atoms with Gasteiger partial charge in [0.25, 0.3) is 0 Å². The lowest BCUT2D eigenvalue weighted by Gasteiger charge is -2.10. The third-order valence-corrected chi connectivity index (χ3v) is 2.32. The maximum absolute atomic E-state index is 9.81. The fraction of sp³-hybridized carbons (Fsp3) is 0.350. The molecule has 0 aliphatic carbocycles. The molecule has 0 aromatic heterocycles. The monoisotopic (exact) mass is 314 g/mol. The maximum Gasteiger partial charge on any atom is 0.157 e. The van der Waals surface area contributed by atoms with Crippen molar-refractivity contribution in [2.75, 3.05) is 14.2 Å². The molecule has 0 atom stereocenters. The average Bonchev–Trinajstić information content (AvgIpc) is 2.58. The Morgan fingerprint density at radius 1 is 0.870 bits per heavy atom. The molecule has 3 heteroatoms. The molecule has 0 aliphatic rings. The van der Waals surface area contributed by atoms with E-state index in [0.29, 0.717) is 6.42 Å². The lowest BCUT2D eigenvalue weighted by atomic mass is 10.3. The van der Waals surface area contributed by atoms with Gasteiger partial charge < -0.3 is 14.3 Å². The highest BCUT2D eigenvalue weighted by atomic mass is 16.7. The number of methoxy groups -OCH3 is 2. The molecular formula is C20H26O3. The molecular weight excluding hydrogens is 288 g/mol. The van der Waals surface area contributed by atoms with Gasteiger partial charge in [-0.05, 0) is 37.1 Å². The summed E-state index contributed by atoms with van der Waals surface area (Å²) in [4.78, 5) is 9.81. The lowest BCUT2D eigenvalue weighted by molar-refractivity contribution is -0.107. The average molecular weight is 314 g/mol. The van der Waals surface area contributed by atoms with E-state index in [-0.39, 0.29) is 6.29 Å². The van der Waals surface area contributed by atoms with E-state index in [4.69, 9.17) is 9.47 Å². The number of hydrogen-bond acceptors (Lipinski definition) is 3. The summed E-state index contributed by atoms with van der Waals surface area (Å²) in [6.07, 6.45) is 14.4. The fourth-order valence-corrected chi connectivity index (χ4v) is 1.23. The first-order valence-corrected chi connectivity index (χ1v) is 7.29. The van der Waals surface area contributed by atoms with Gasteiger partial charge in [-0.25, -0.2) is 0 Å². The molecule has 0 saturated heterocycles. The van der Waals surface area contributed by atoms with E-state index in [2.05, 4.69) is 36.8 Å². The van der Waals surface area contributed by atoms with Gasteiger partial charge in [-0.1, -0.05) is 49.0 Å². The topological polar surface area (TPSA) is 35.5 Å². The van der Waals surface area contributed by atoms with E-state index in [0.717, 1.165) is 25.5 Å². The summed E-state index contributed by atoms with van der Waals surface area (Å²) in [6, 6.07) is 0. The molecule has 0 aliphatic heterocycles. The van der Waals surface area contributed by atoms with Crippen LogP contribution in [-0.2, 0) is 14.3 Å². The molecule has 0 N–H and O–H groups in total. The minimum atomic E-state index is -0.114. The van der Waals surface area contributed by atoms with E-state index in [9.17, 15) is 4.79 Å². The van der Waals surface area contributed by atoms with Gasteiger partial charge in [-0.2, -0.15) is 0 Å². The lowest BCUT2D eigenvalue weighted by Crippen LogP contribution is -2.11. The van der Waals surface area contributed by atoms with Gasteiger partial charge in [0.2, 0.25) is 0 Å². The Balaban J connectivity index is 0. The van der Waals surface area contributed by atoms with Crippen LogP contribution in [0.3, 0.4) is 0 Å². The molecule has 0 heterocycles. The summed E-state index contributed by atoms with van der Waals surface area (Å²) in [5, 5.41) is 0. The van der Waals surface area contributed by atoms with E-state index >= 15 is 0 Å². The number of rotatable bonds is 8. The van der Waals surface area contributed by atoms with Crippen molar-refractivity contribution in [1.29, 1.82) is 0 Å². The number of aldehydes is 1. The number of unbranched alkanes of at least 4 members (excludes halogenated alkanes) is 1. The Morgan fingerprint density at radius 2 is 1.39 bits per heavy atom. The van der Waals surface area contributed by atoms with Crippen LogP contribution in [0.1, 0.15) is 25.7 Å². The van der Waals surface area contributed by atoms with Crippen molar-refractivity contribution in [1.82, 2.24) is 0 Å². The predicted molar refractivity (Wildman–Crippen MR) is 96.6 cm³/mol. The molecule has 0 spiro atoms. The van der Waals surface area contributed by atoms with E-state index in [1.807, 2.05) is 18.2 Å². The highest BCUT2D eigenvalue weighted by Gasteiger charge is 2.01. The van der Waals surface area contributed by atoms with Crippen LogP contribution in [0.2, 0.25) is 0 Å². The molecule has 0 aromatic rings. The number of allylic oxidation sites excluding steroid dienone is 6. The zero-order valence-electron chi connectivity index (χ0n) is 14.1. The van der Waals surface area contributed by atoms with Crippen molar-refractivity contribution in [3.05, 3.63) is 49.6 Å². The number of ether oxygens (including phenoxy) is 2. The van der Waals surface area contributed by atoms with Crippen molar-refractivity contribution >= 4 is 6.29 Å². The molecule has 0 amide bonds. The summed E-state index contributed by atoms with van der Waals surface area (Å²) >= 11 is 0. The largest absolute Gasteiger partial charge is 0.356 e. The number of carbonyl (C=O) groups is 1. The van der Waals surface area contributed by atoms with E-state index in [1.54, 1.807) is 26.4 Å². The number of carbonyl (C=O) groups excluding carboxylic acids is 1. The molecule has 3 nitrogen and oxygen atoms in total. The maximum atomic E-state index is 9.81. The van der Waals surface area contributed by atoms with Crippen LogP contribution >= 0.6 is 0 Å². The second-order valence-corrected chi connectivity index (χ2v) is 4.01. The van der Waals surface area contributed by atoms with Gasteiger partial charge in [0, 0.05) is 27.1 Å². The molecule has 0 radical (unpaired) electrons. The third kappa shape index (κ3) is 22.1. The van der Waals surface area contributed by atoms with Crippen molar-refractivity contribution < 1.29 is 14.3 Å². The fourth-order valence-electron chi connectivity index (χ4n) is 1.23. The van der Waals surface area contributed by atoms with Crippen molar-refractivity contribution in [3.8, 4) is 23.7 Å². The van der Waals surface area contributed by atoms with Gasteiger partial charge in [0.15, 0.2) is 6.29 Å². The SMILES string of the molecule is C=CC#C/C=C\CCC(OC)OC.C=CC#C/C=C\CCC=O. The zero-order chi connectivity index (χ0) is 17.6. The Hall–Kier alpha value is -2.33.